The zero-order chi connectivity index (χ0) is 16.7. The van der Waals surface area contributed by atoms with E-state index >= 15 is 0 Å². The van der Waals surface area contributed by atoms with Crippen LogP contribution in [0.2, 0.25) is 0 Å². The molecule has 130 valence electrons. The summed E-state index contributed by atoms with van der Waals surface area (Å²) < 4.78 is 0. The molecule has 2 aliphatic carbocycles. The fourth-order valence-electron chi connectivity index (χ4n) is 4.35. The maximum absolute atomic E-state index is 6.91. The van der Waals surface area contributed by atoms with E-state index in [0.29, 0.717) is 5.92 Å². The van der Waals surface area contributed by atoms with E-state index in [1.807, 2.05) is 0 Å². The van der Waals surface area contributed by atoms with Gasteiger partial charge in [-0.25, -0.2) is 0 Å². The molecule has 0 saturated heterocycles. The molecule has 23 heavy (non-hydrogen) atoms. The summed E-state index contributed by atoms with van der Waals surface area (Å²) in [6.45, 7) is 6.76. The maximum Gasteiger partial charge on any atom is 0.0723 e. The average Bonchev–Trinajstić information content (AvgIpc) is 2.92. The first kappa shape index (κ1) is 18.8. The van der Waals surface area contributed by atoms with Crippen molar-refractivity contribution in [3.05, 3.63) is 35.4 Å². The highest BCUT2D eigenvalue weighted by Crippen LogP contribution is 2.50. The van der Waals surface area contributed by atoms with E-state index in [-0.39, 0.29) is 4.87 Å². The van der Waals surface area contributed by atoms with Gasteiger partial charge in [0, 0.05) is 0 Å². The first-order chi connectivity index (χ1) is 11.1. The molecule has 1 heteroatoms. The highest BCUT2D eigenvalue weighted by molar-refractivity contribution is 6.24. The third-order valence-corrected chi connectivity index (χ3v) is 6.49. The molecule has 0 spiro atoms. The van der Waals surface area contributed by atoms with Gasteiger partial charge in [-0.15, -0.1) is 11.6 Å². The van der Waals surface area contributed by atoms with Crippen LogP contribution >= 0.6 is 11.6 Å². The molecule has 3 rings (SSSR count). The van der Waals surface area contributed by atoms with Crippen LogP contribution in [0.15, 0.2) is 24.3 Å². The van der Waals surface area contributed by atoms with Gasteiger partial charge in [-0.2, -0.15) is 0 Å². The van der Waals surface area contributed by atoms with Crippen molar-refractivity contribution in [2.75, 3.05) is 0 Å². The number of halogens is 1. The summed E-state index contributed by atoms with van der Waals surface area (Å²) in [5, 5.41) is 0. The number of aryl methyl sites for hydroxylation is 1. The van der Waals surface area contributed by atoms with Gasteiger partial charge in [-0.1, -0.05) is 88.6 Å². The predicted octanol–water partition coefficient (Wildman–Crippen LogP) is 7.62. The number of hydrogen-bond acceptors (Lipinski definition) is 0. The fraction of sp³-hybridized carbons (Fsp3) is 0.727. The molecular weight excluding hydrogens is 300 g/mol. The molecule has 0 bridgehead atoms. The van der Waals surface area contributed by atoms with Crippen molar-refractivity contribution in [3.8, 4) is 0 Å². The Kier molecular flexibility index (Phi) is 7.47. The van der Waals surface area contributed by atoms with Crippen LogP contribution in [0.25, 0.3) is 0 Å². The summed E-state index contributed by atoms with van der Waals surface area (Å²) >= 11 is 6.91. The first-order valence-electron chi connectivity index (χ1n) is 9.82. The molecule has 0 radical (unpaired) electrons. The van der Waals surface area contributed by atoms with Crippen molar-refractivity contribution >= 4 is 11.6 Å². The van der Waals surface area contributed by atoms with Crippen LogP contribution in [0.1, 0.15) is 89.2 Å². The molecule has 1 aromatic carbocycles. The van der Waals surface area contributed by atoms with Crippen LogP contribution in [0.3, 0.4) is 0 Å². The molecule has 2 unspecified atom stereocenters. The molecule has 2 saturated carbocycles. The molecule has 1 aromatic rings. The van der Waals surface area contributed by atoms with Crippen molar-refractivity contribution in [2.45, 2.75) is 89.9 Å². The third-order valence-electron chi connectivity index (χ3n) is 5.77. The molecule has 2 aliphatic rings. The molecule has 2 atom stereocenters. The second-order valence-electron chi connectivity index (χ2n) is 7.85. The quantitative estimate of drug-likeness (QED) is 0.499. The zero-order valence-electron chi connectivity index (χ0n) is 15.4. The van der Waals surface area contributed by atoms with Gasteiger partial charge in [0.2, 0.25) is 0 Å². The Morgan fingerprint density at radius 1 is 1.09 bits per heavy atom. The molecule has 0 aliphatic heterocycles. The number of rotatable bonds is 3. The Morgan fingerprint density at radius 2 is 1.83 bits per heavy atom. The largest absolute Gasteiger partial charge is 0.114 e. The molecule has 0 heterocycles. The van der Waals surface area contributed by atoms with E-state index in [2.05, 4.69) is 45.0 Å². The minimum absolute atomic E-state index is 0.0813. The van der Waals surface area contributed by atoms with Gasteiger partial charge in [0.15, 0.2) is 0 Å². The van der Waals surface area contributed by atoms with Crippen LogP contribution in [0.4, 0.5) is 0 Å². The average molecular weight is 335 g/mol. The van der Waals surface area contributed by atoms with Crippen molar-refractivity contribution in [3.63, 3.8) is 0 Å². The molecule has 0 N–H and O–H groups in total. The van der Waals surface area contributed by atoms with Gasteiger partial charge in [-0.05, 0) is 43.6 Å². The fourth-order valence-corrected chi connectivity index (χ4v) is 4.82. The van der Waals surface area contributed by atoms with Gasteiger partial charge >= 0.3 is 0 Å². The lowest BCUT2D eigenvalue weighted by Gasteiger charge is -2.30. The van der Waals surface area contributed by atoms with E-state index in [4.69, 9.17) is 11.6 Å². The predicted molar refractivity (Wildman–Crippen MR) is 103 cm³/mol. The molecular formula is C22H35Cl. The van der Waals surface area contributed by atoms with Gasteiger partial charge in [0.1, 0.15) is 0 Å². The van der Waals surface area contributed by atoms with Crippen LogP contribution in [-0.4, -0.2) is 0 Å². The normalized spacial score (nSPS) is 28.3. The van der Waals surface area contributed by atoms with Crippen molar-refractivity contribution < 1.29 is 0 Å². The van der Waals surface area contributed by atoms with Crippen LogP contribution in [-0.2, 0) is 4.87 Å². The van der Waals surface area contributed by atoms with Crippen molar-refractivity contribution in [2.24, 2.45) is 11.8 Å². The number of alkyl halides is 1. The van der Waals surface area contributed by atoms with Crippen molar-refractivity contribution in [1.82, 2.24) is 0 Å². The lowest BCUT2D eigenvalue weighted by Crippen LogP contribution is -2.23. The summed E-state index contributed by atoms with van der Waals surface area (Å²) in [7, 11) is 0. The Bertz CT molecular complexity index is 461. The van der Waals surface area contributed by atoms with E-state index in [1.54, 1.807) is 0 Å². The first-order valence-corrected chi connectivity index (χ1v) is 10.2. The summed E-state index contributed by atoms with van der Waals surface area (Å²) in [6, 6.07) is 8.75. The van der Waals surface area contributed by atoms with E-state index < -0.39 is 0 Å². The summed E-state index contributed by atoms with van der Waals surface area (Å²) in [5.74, 6) is 1.70. The van der Waals surface area contributed by atoms with Crippen LogP contribution in [0.5, 0.6) is 0 Å². The standard InChI is InChI=1S/C15H21Cl.C7H14/c1-3-6-13-9-5-10-15(13,16)14-8-4-7-12(2)11-14;1-7-5-3-2-4-6-7/h4,7-8,11,13H,3,5-6,9-10H2,1-2H3;7H,2-6H2,1H3. The third kappa shape index (κ3) is 5.24. The van der Waals surface area contributed by atoms with E-state index in [0.717, 1.165) is 12.3 Å². The summed E-state index contributed by atoms with van der Waals surface area (Å²) in [6.07, 6.45) is 13.7. The Morgan fingerprint density at radius 3 is 2.39 bits per heavy atom. The highest BCUT2D eigenvalue weighted by atomic mass is 35.5. The molecule has 0 nitrogen and oxygen atoms in total. The molecule has 0 amide bonds. The molecule has 2 fully saturated rings. The zero-order valence-corrected chi connectivity index (χ0v) is 16.2. The lowest BCUT2D eigenvalue weighted by atomic mass is 9.84. The minimum Gasteiger partial charge on any atom is -0.114 e. The topological polar surface area (TPSA) is 0 Å². The Labute approximate surface area is 149 Å². The van der Waals surface area contributed by atoms with Gasteiger partial charge < -0.3 is 0 Å². The smallest absolute Gasteiger partial charge is 0.0723 e. The van der Waals surface area contributed by atoms with Gasteiger partial charge in [0.05, 0.1) is 4.87 Å². The van der Waals surface area contributed by atoms with Crippen LogP contribution < -0.4 is 0 Å². The monoisotopic (exact) mass is 334 g/mol. The Balaban J connectivity index is 0.000000229. The van der Waals surface area contributed by atoms with Crippen molar-refractivity contribution in [1.29, 1.82) is 0 Å². The Hall–Kier alpha value is -0.490. The van der Waals surface area contributed by atoms with Gasteiger partial charge in [0.25, 0.3) is 0 Å². The van der Waals surface area contributed by atoms with Crippen LogP contribution in [0, 0.1) is 18.8 Å². The van der Waals surface area contributed by atoms with E-state index in [1.165, 1.54) is 68.9 Å². The molecule has 0 aromatic heterocycles. The summed E-state index contributed by atoms with van der Waals surface area (Å²) in [5.41, 5.74) is 2.66. The summed E-state index contributed by atoms with van der Waals surface area (Å²) in [4.78, 5) is -0.0813. The maximum atomic E-state index is 6.91. The van der Waals surface area contributed by atoms with Gasteiger partial charge in [-0.3, -0.25) is 0 Å². The number of benzene rings is 1. The van der Waals surface area contributed by atoms with E-state index in [9.17, 15) is 0 Å². The minimum atomic E-state index is -0.0813. The lowest BCUT2D eigenvalue weighted by molar-refractivity contribution is 0.385. The SMILES string of the molecule is CC1CCCCC1.CCCC1CCCC1(Cl)c1cccc(C)c1. The number of hydrogen-bond donors (Lipinski definition) is 0. The second-order valence-corrected chi connectivity index (χ2v) is 8.53. The second kappa shape index (κ2) is 9.11. The highest BCUT2D eigenvalue weighted by Gasteiger charge is 2.41.